The summed E-state index contributed by atoms with van der Waals surface area (Å²) in [6.45, 7) is 4.20. The minimum atomic E-state index is 0.0301. The minimum absolute atomic E-state index is 0.0301. The Balaban J connectivity index is 1.90. The van der Waals surface area contributed by atoms with E-state index in [4.69, 9.17) is 10.5 Å². The van der Waals surface area contributed by atoms with Gasteiger partial charge in [0.1, 0.15) is 0 Å². The first-order chi connectivity index (χ1) is 8.18. The Morgan fingerprint density at radius 3 is 2.94 bits per heavy atom. The summed E-state index contributed by atoms with van der Waals surface area (Å²) in [5.74, 6) is 0. The van der Waals surface area contributed by atoms with E-state index in [2.05, 4.69) is 5.32 Å². The molecule has 5 nitrogen and oxygen atoms in total. The Morgan fingerprint density at radius 2 is 2.29 bits per heavy atom. The second-order valence-corrected chi connectivity index (χ2v) is 5.13. The number of rotatable bonds is 2. The van der Waals surface area contributed by atoms with Crippen LogP contribution in [0.4, 0.5) is 4.79 Å². The van der Waals surface area contributed by atoms with Crippen LogP contribution in [0.3, 0.4) is 0 Å². The van der Waals surface area contributed by atoms with Crippen molar-refractivity contribution in [2.24, 2.45) is 5.73 Å². The van der Waals surface area contributed by atoms with Gasteiger partial charge in [0.05, 0.1) is 12.6 Å². The zero-order chi connectivity index (χ0) is 12.3. The lowest BCUT2D eigenvalue weighted by atomic mass is 9.97. The van der Waals surface area contributed by atoms with E-state index >= 15 is 0 Å². The Labute approximate surface area is 103 Å². The average Bonchev–Trinajstić information content (AvgIpc) is 2.81. The quantitative estimate of drug-likeness (QED) is 0.747. The van der Waals surface area contributed by atoms with Crippen LogP contribution in [-0.2, 0) is 4.74 Å². The number of ether oxygens (including phenoxy) is 1. The number of urea groups is 1. The van der Waals surface area contributed by atoms with Crippen LogP contribution < -0.4 is 11.1 Å². The van der Waals surface area contributed by atoms with E-state index in [1.54, 1.807) is 0 Å². The zero-order valence-corrected chi connectivity index (χ0v) is 10.5. The molecule has 3 unspecified atom stereocenters. The lowest BCUT2D eigenvalue weighted by molar-refractivity contribution is 0.135. The van der Waals surface area contributed by atoms with Crippen molar-refractivity contribution in [3.63, 3.8) is 0 Å². The zero-order valence-electron chi connectivity index (χ0n) is 10.5. The molecule has 2 saturated heterocycles. The standard InChI is InChI=1S/C12H23N3O2/c1-9(13)11-4-2-3-6-15(11)12(16)14-10-5-7-17-8-10/h9-11H,2-8,13H2,1H3,(H,14,16). The maximum Gasteiger partial charge on any atom is 0.318 e. The molecule has 5 heteroatoms. The van der Waals surface area contributed by atoms with Gasteiger partial charge in [-0.2, -0.15) is 0 Å². The lowest BCUT2D eigenvalue weighted by Crippen LogP contribution is -2.56. The molecule has 2 aliphatic rings. The van der Waals surface area contributed by atoms with Gasteiger partial charge in [0.25, 0.3) is 0 Å². The van der Waals surface area contributed by atoms with Crippen LogP contribution in [0.2, 0.25) is 0 Å². The van der Waals surface area contributed by atoms with Crippen LogP contribution in [0.25, 0.3) is 0 Å². The number of likely N-dealkylation sites (tertiary alicyclic amines) is 1. The maximum absolute atomic E-state index is 12.2. The normalized spacial score (nSPS) is 31.3. The molecule has 2 aliphatic heterocycles. The summed E-state index contributed by atoms with van der Waals surface area (Å²) in [6.07, 6.45) is 4.19. The van der Waals surface area contributed by atoms with Crippen LogP contribution in [-0.4, -0.2) is 48.8 Å². The SMILES string of the molecule is CC(N)C1CCCCN1C(=O)NC1CCOC1. The second-order valence-electron chi connectivity index (χ2n) is 5.13. The van der Waals surface area contributed by atoms with Crippen molar-refractivity contribution in [3.05, 3.63) is 0 Å². The van der Waals surface area contributed by atoms with E-state index in [0.717, 1.165) is 32.4 Å². The van der Waals surface area contributed by atoms with E-state index in [0.29, 0.717) is 6.61 Å². The van der Waals surface area contributed by atoms with Gasteiger partial charge in [0.15, 0.2) is 0 Å². The highest BCUT2D eigenvalue weighted by atomic mass is 16.5. The van der Waals surface area contributed by atoms with E-state index in [9.17, 15) is 4.79 Å². The van der Waals surface area contributed by atoms with Crippen molar-refractivity contribution in [2.75, 3.05) is 19.8 Å². The molecule has 3 atom stereocenters. The molecular weight excluding hydrogens is 218 g/mol. The van der Waals surface area contributed by atoms with Gasteiger partial charge >= 0.3 is 6.03 Å². The number of hydrogen-bond acceptors (Lipinski definition) is 3. The van der Waals surface area contributed by atoms with Crippen molar-refractivity contribution >= 4 is 6.03 Å². The van der Waals surface area contributed by atoms with Gasteiger partial charge in [0, 0.05) is 25.2 Å². The Kier molecular flexibility index (Phi) is 4.23. The fourth-order valence-corrected chi connectivity index (χ4v) is 2.66. The average molecular weight is 241 g/mol. The van der Waals surface area contributed by atoms with E-state index < -0.39 is 0 Å². The maximum atomic E-state index is 12.2. The molecule has 2 fully saturated rings. The Hall–Kier alpha value is -0.810. The third-order valence-electron chi connectivity index (χ3n) is 3.67. The van der Waals surface area contributed by atoms with E-state index in [1.165, 1.54) is 6.42 Å². The molecule has 0 aromatic carbocycles. The van der Waals surface area contributed by atoms with Crippen molar-refractivity contribution in [1.29, 1.82) is 0 Å². The third-order valence-corrected chi connectivity index (χ3v) is 3.67. The predicted molar refractivity (Wildman–Crippen MR) is 65.8 cm³/mol. The number of nitrogens with two attached hydrogens (primary N) is 1. The summed E-state index contributed by atoms with van der Waals surface area (Å²) in [5.41, 5.74) is 5.96. The third kappa shape index (κ3) is 3.10. The molecule has 0 aromatic heterocycles. The largest absolute Gasteiger partial charge is 0.379 e. The van der Waals surface area contributed by atoms with Gasteiger partial charge in [-0.3, -0.25) is 0 Å². The highest BCUT2D eigenvalue weighted by Crippen LogP contribution is 2.19. The van der Waals surface area contributed by atoms with Gasteiger partial charge < -0.3 is 20.7 Å². The molecule has 3 N–H and O–H groups in total. The van der Waals surface area contributed by atoms with Gasteiger partial charge in [-0.25, -0.2) is 4.79 Å². The van der Waals surface area contributed by atoms with Crippen molar-refractivity contribution in [3.8, 4) is 0 Å². The summed E-state index contributed by atoms with van der Waals surface area (Å²) in [7, 11) is 0. The van der Waals surface area contributed by atoms with Gasteiger partial charge in [0.2, 0.25) is 0 Å². The fourth-order valence-electron chi connectivity index (χ4n) is 2.66. The van der Waals surface area contributed by atoms with Gasteiger partial charge in [-0.15, -0.1) is 0 Å². The molecule has 0 aliphatic carbocycles. The molecule has 2 heterocycles. The van der Waals surface area contributed by atoms with Crippen molar-refractivity contribution < 1.29 is 9.53 Å². The van der Waals surface area contributed by atoms with Crippen LogP contribution >= 0.6 is 0 Å². The first-order valence-corrected chi connectivity index (χ1v) is 6.59. The predicted octanol–water partition coefficient (Wildman–Crippen LogP) is 0.687. The lowest BCUT2D eigenvalue weighted by Gasteiger charge is -2.38. The monoisotopic (exact) mass is 241 g/mol. The molecule has 0 bridgehead atoms. The molecule has 0 aromatic rings. The summed E-state index contributed by atoms with van der Waals surface area (Å²) >= 11 is 0. The topological polar surface area (TPSA) is 67.6 Å². The number of nitrogens with one attached hydrogen (secondary N) is 1. The van der Waals surface area contributed by atoms with E-state index in [1.807, 2.05) is 11.8 Å². The van der Waals surface area contributed by atoms with E-state index in [-0.39, 0.29) is 24.2 Å². The van der Waals surface area contributed by atoms with Gasteiger partial charge in [-0.05, 0) is 32.6 Å². The number of carbonyl (C=O) groups excluding carboxylic acids is 1. The number of amides is 2. The number of piperidine rings is 1. The molecule has 17 heavy (non-hydrogen) atoms. The number of carbonyl (C=O) groups is 1. The van der Waals surface area contributed by atoms with Crippen LogP contribution in [0, 0.1) is 0 Å². The van der Waals surface area contributed by atoms with Crippen molar-refractivity contribution in [2.45, 2.75) is 50.7 Å². The molecule has 2 amide bonds. The highest BCUT2D eigenvalue weighted by Gasteiger charge is 2.30. The summed E-state index contributed by atoms with van der Waals surface area (Å²) in [5, 5.41) is 3.04. The molecular formula is C12H23N3O2. The summed E-state index contributed by atoms with van der Waals surface area (Å²) < 4.78 is 5.26. The molecule has 2 rings (SSSR count). The highest BCUT2D eigenvalue weighted by molar-refractivity contribution is 5.75. The van der Waals surface area contributed by atoms with Crippen molar-refractivity contribution in [1.82, 2.24) is 10.2 Å². The first kappa shape index (κ1) is 12.6. The summed E-state index contributed by atoms with van der Waals surface area (Å²) in [6, 6.07) is 0.438. The number of nitrogens with zero attached hydrogens (tertiary/aromatic N) is 1. The number of hydrogen-bond donors (Lipinski definition) is 2. The Morgan fingerprint density at radius 1 is 1.47 bits per heavy atom. The molecule has 0 spiro atoms. The van der Waals surface area contributed by atoms with Gasteiger partial charge in [-0.1, -0.05) is 0 Å². The van der Waals surface area contributed by atoms with Crippen LogP contribution in [0.5, 0.6) is 0 Å². The van der Waals surface area contributed by atoms with Crippen LogP contribution in [0.15, 0.2) is 0 Å². The first-order valence-electron chi connectivity index (χ1n) is 6.59. The smallest absolute Gasteiger partial charge is 0.318 e. The molecule has 98 valence electrons. The Bertz CT molecular complexity index is 264. The molecule has 0 saturated carbocycles. The van der Waals surface area contributed by atoms with Crippen LogP contribution in [0.1, 0.15) is 32.6 Å². The fraction of sp³-hybridized carbons (Fsp3) is 0.917. The summed E-state index contributed by atoms with van der Waals surface area (Å²) in [4.78, 5) is 14.1. The second kappa shape index (κ2) is 5.69. The minimum Gasteiger partial charge on any atom is -0.379 e. The molecule has 0 radical (unpaired) electrons.